The average Bonchev–Trinajstić information content (AvgIpc) is 2.16. The Bertz CT molecular complexity index is 318. The summed E-state index contributed by atoms with van der Waals surface area (Å²) in [7, 11) is 0. The quantitative estimate of drug-likeness (QED) is 0.682. The van der Waals surface area contributed by atoms with Gasteiger partial charge in [-0.15, -0.1) is 0 Å². The van der Waals surface area contributed by atoms with Crippen molar-refractivity contribution < 1.29 is 0 Å². The Morgan fingerprint density at radius 2 is 2.00 bits per heavy atom. The van der Waals surface area contributed by atoms with Crippen LogP contribution in [0.4, 0.5) is 0 Å². The zero-order valence-electron chi connectivity index (χ0n) is 7.55. The first-order valence-corrected chi connectivity index (χ1v) is 4.63. The second-order valence-corrected chi connectivity index (χ2v) is 3.23. The number of hydrogen-bond donors (Lipinski definition) is 1. The Kier molecular flexibility index (Phi) is 3.82. The topological polar surface area (TPSA) is 26.0 Å². The van der Waals surface area contributed by atoms with Gasteiger partial charge in [-0.2, -0.15) is 0 Å². The van der Waals surface area contributed by atoms with Crippen LogP contribution in [-0.2, 0) is 0 Å². The summed E-state index contributed by atoms with van der Waals surface area (Å²) in [4.78, 5) is 0. The van der Waals surface area contributed by atoms with E-state index in [1.54, 1.807) is 0 Å². The van der Waals surface area contributed by atoms with Crippen molar-refractivity contribution in [1.82, 2.24) is 0 Å². The Labute approximate surface area is 83.9 Å². The first-order chi connectivity index (χ1) is 6.22. The van der Waals surface area contributed by atoms with Crippen LogP contribution < -0.4 is 5.73 Å². The van der Waals surface area contributed by atoms with Gasteiger partial charge in [-0.05, 0) is 30.7 Å². The molecule has 0 aliphatic heterocycles. The van der Waals surface area contributed by atoms with Crippen LogP contribution in [0.25, 0.3) is 0 Å². The van der Waals surface area contributed by atoms with E-state index in [2.05, 4.69) is 11.8 Å². The van der Waals surface area contributed by atoms with Gasteiger partial charge in [-0.25, -0.2) is 0 Å². The smallest absolute Gasteiger partial charge is 0.0665 e. The van der Waals surface area contributed by atoms with Gasteiger partial charge in [-0.1, -0.05) is 30.4 Å². The Hall–Kier alpha value is -0.970. The molecule has 1 aromatic rings. The van der Waals surface area contributed by atoms with Crippen LogP contribution in [-0.4, -0.2) is 6.04 Å². The van der Waals surface area contributed by atoms with Crippen molar-refractivity contribution in [1.29, 1.82) is 0 Å². The number of benzene rings is 1. The molecule has 0 aliphatic rings. The van der Waals surface area contributed by atoms with E-state index in [9.17, 15) is 0 Å². The molecule has 1 nitrogen and oxygen atoms in total. The van der Waals surface area contributed by atoms with Crippen LogP contribution in [0.5, 0.6) is 0 Å². The summed E-state index contributed by atoms with van der Waals surface area (Å²) in [6.45, 7) is 2.02. The maximum Gasteiger partial charge on any atom is 0.0665 e. The van der Waals surface area contributed by atoms with E-state index in [0.29, 0.717) is 0 Å². The molecule has 68 valence electrons. The molecule has 0 heterocycles. The molecule has 1 rings (SSSR count). The molecule has 0 saturated heterocycles. The fraction of sp³-hybridized carbons (Fsp3) is 0.273. The summed E-state index contributed by atoms with van der Waals surface area (Å²) in [5, 5.41) is 0.727. The van der Waals surface area contributed by atoms with Gasteiger partial charge in [0.25, 0.3) is 0 Å². The largest absolute Gasteiger partial charge is 0.318 e. The van der Waals surface area contributed by atoms with Gasteiger partial charge < -0.3 is 5.73 Å². The summed E-state index contributed by atoms with van der Waals surface area (Å²) in [6, 6.07) is 7.39. The highest BCUT2D eigenvalue weighted by Gasteiger charge is 1.90. The van der Waals surface area contributed by atoms with E-state index in [1.165, 1.54) is 0 Å². The van der Waals surface area contributed by atoms with Gasteiger partial charge in [0.15, 0.2) is 0 Å². The van der Waals surface area contributed by atoms with Crippen LogP contribution in [0, 0.1) is 11.8 Å². The molecule has 0 radical (unpaired) electrons. The van der Waals surface area contributed by atoms with Gasteiger partial charge in [0.05, 0.1) is 6.04 Å². The van der Waals surface area contributed by atoms with E-state index in [-0.39, 0.29) is 6.04 Å². The average molecular weight is 194 g/mol. The molecule has 0 bridgehead atoms. The Morgan fingerprint density at radius 1 is 1.38 bits per heavy atom. The fourth-order valence-corrected chi connectivity index (χ4v) is 0.937. The van der Waals surface area contributed by atoms with E-state index in [4.69, 9.17) is 17.3 Å². The minimum absolute atomic E-state index is 0.0318. The summed E-state index contributed by atoms with van der Waals surface area (Å²) in [6.07, 6.45) is 0.876. The van der Waals surface area contributed by atoms with Crippen molar-refractivity contribution in [2.24, 2.45) is 5.73 Å². The van der Waals surface area contributed by atoms with Crippen molar-refractivity contribution in [2.75, 3.05) is 0 Å². The van der Waals surface area contributed by atoms with E-state index < -0.39 is 0 Å². The van der Waals surface area contributed by atoms with E-state index in [1.807, 2.05) is 31.2 Å². The van der Waals surface area contributed by atoms with Crippen molar-refractivity contribution in [2.45, 2.75) is 19.4 Å². The minimum Gasteiger partial charge on any atom is -0.318 e. The van der Waals surface area contributed by atoms with Gasteiger partial charge in [0.1, 0.15) is 0 Å². The van der Waals surface area contributed by atoms with Gasteiger partial charge in [0.2, 0.25) is 0 Å². The number of nitrogens with two attached hydrogens (primary N) is 1. The number of halogens is 1. The van der Waals surface area contributed by atoms with Gasteiger partial charge >= 0.3 is 0 Å². The van der Waals surface area contributed by atoms with Crippen LogP contribution in [0.15, 0.2) is 24.3 Å². The third-order valence-corrected chi connectivity index (χ3v) is 1.94. The number of hydrogen-bond acceptors (Lipinski definition) is 1. The lowest BCUT2D eigenvalue weighted by Crippen LogP contribution is -2.15. The van der Waals surface area contributed by atoms with Crippen molar-refractivity contribution >= 4 is 11.6 Å². The summed E-state index contributed by atoms with van der Waals surface area (Å²) < 4.78 is 0. The van der Waals surface area contributed by atoms with Gasteiger partial charge in [-0.3, -0.25) is 0 Å². The highest BCUT2D eigenvalue weighted by molar-refractivity contribution is 6.30. The predicted octanol–water partition coefficient (Wildman–Crippen LogP) is 2.43. The molecule has 0 fully saturated rings. The molecule has 0 aliphatic carbocycles. The maximum absolute atomic E-state index is 5.73. The summed E-state index contributed by atoms with van der Waals surface area (Å²) in [5.41, 5.74) is 6.60. The zero-order chi connectivity index (χ0) is 9.68. The summed E-state index contributed by atoms with van der Waals surface area (Å²) >= 11 is 5.73. The summed E-state index contributed by atoms with van der Waals surface area (Å²) in [5.74, 6) is 5.94. The molecule has 1 unspecified atom stereocenters. The molecule has 13 heavy (non-hydrogen) atoms. The molecule has 0 aromatic heterocycles. The normalized spacial score (nSPS) is 11.6. The lowest BCUT2D eigenvalue weighted by molar-refractivity contribution is 0.806. The first kappa shape index (κ1) is 10.1. The predicted molar refractivity (Wildman–Crippen MR) is 56.6 cm³/mol. The molecular formula is C11H12ClN. The lowest BCUT2D eigenvalue weighted by Gasteiger charge is -1.95. The highest BCUT2D eigenvalue weighted by Crippen LogP contribution is 2.08. The fourth-order valence-electron chi connectivity index (χ4n) is 0.811. The molecule has 2 heteroatoms. The SMILES string of the molecule is CCC(N)C#Cc1ccc(Cl)cc1. The Morgan fingerprint density at radius 3 is 2.54 bits per heavy atom. The standard InChI is InChI=1S/C11H12ClN/c1-2-11(13)8-5-9-3-6-10(12)7-4-9/h3-4,6-7,11H,2,13H2,1H3. The van der Waals surface area contributed by atoms with Crippen molar-refractivity contribution in [3.8, 4) is 11.8 Å². The van der Waals surface area contributed by atoms with Crippen LogP contribution >= 0.6 is 11.6 Å². The van der Waals surface area contributed by atoms with Gasteiger partial charge in [0, 0.05) is 10.6 Å². The maximum atomic E-state index is 5.73. The highest BCUT2D eigenvalue weighted by atomic mass is 35.5. The van der Waals surface area contributed by atoms with Crippen LogP contribution in [0.1, 0.15) is 18.9 Å². The zero-order valence-corrected chi connectivity index (χ0v) is 8.31. The minimum atomic E-state index is -0.0318. The monoisotopic (exact) mass is 193 g/mol. The van der Waals surface area contributed by atoms with Crippen LogP contribution in [0.2, 0.25) is 5.02 Å². The third-order valence-electron chi connectivity index (χ3n) is 1.69. The molecule has 1 atom stereocenters. The first-order valence-electron chi connectivity index (χ1n) is 4.25. The molecule has 2 N–H and O–H groups in total. The molecule has 0 saturated carbocycles. The van der Waals surface area contributed by atoms with Crippen molar-refractivity contribution in [3.05, 3.63) is 34.9 Å². The second-order valence-electron chi connectivity index (χ2n) is 2.79. The second kappa shape index (κ2) is 4.91. The molecular weight excluding hydrogens is 182 g/mol. The molecule has 0 amide bonds. The Balaban J connectivity index is 2.72. The van der Waals surface area contributed by atoms with Crippen molar-refractivity contribution in [3.63, 3.8) is 0 Å². The molecule has 1 aromatic carbocycles. The number of rotatable bonds is 1. The van der Waals surface area contributed by atoms with E-state index >= 15 is 0 Å². The molecule has 0 spiro atoms. The third kappa shape index (κ3) is 3.50. The van der Waals surface area contributed by atoms with Crippen LogP contribution in [0.3, 0.4) is 0 Å². The lowest BCUT2D eigenvalue weighted by atomic mass is 10.2. The van der Waals surface area contributed by atoms with E-state index in [0.717, 1.165) is 17.0 Å².